The molecule has 4 N–H and O–H groups in total. The molecule has 4 atom stereocenters. The second kappa shape index (κ2) is 14.9. The lowest BCUT2D eigenvalue weighted by atomic mass is 9.94. The minimum atomic E-state index is -0.635. The van der Waals surface area contributed by atoms with E-state index in [2.05, 4.69) is 25.2 Å². The highest BCUT2D eigenvalue weighted by Crippen LogP contribution is 2.17. The van der Waals surface area contributed by atoms with E-state index >= 15 is 0 Å². The number of carbonyl (C=O) groups excluding carboxylic acids is 1. The van der Waals surface area contributed by atoms with Crippen LogP contribution < -0.4 is 5.32 Å². The average molecular weight is 420 g/mol. The first kappa shape index (κ1) is 28.1. The summed E-state index contributed by atoms with van der Waals surface area (Å²) in [5, 5.41) is 32.1. The van der Waals surface area contributed by atoms with Gasteiger partial charge < -0.3 is 20.6 Å². The van der Waals surface area contributed by atoms with Crippen molar-refractivity contribution in [1.29, 1.82) is 0 Å². The summed E-state index contributed by atoms with van der Waals surface area (Å²) in [5.41, 5.74) is 2.48. The Morgan fingerprint density at radius 1 is 1.03 bits per heavy atom. The van der Waals surface area contributed by atoms with Gasteiger partial charge in [-0.05, 0) is 45.6 Å². The highest BCUT2D eigenvalue weighted by atomic mass is 16.3. The molecule has 0 aromatic heterocycles. The zero-order chi connectivity index (χ0) is 23.3. The molecule has 0 saturated carbocycles. The third-order valence-corrected chi connectivity index (χ3v) is 4.54. The number of aliphatic hydroxyl groups excluding tert-OH is 3. The van der Waals surface area contributed by atoms with Crippen LogP contribution in [0.15, 0.2) is 59.3 Å². The fourth-order valence-electron chi connectivity index (χ4n) is 2.83. The van der Waals surface area contributed by atoms with Gasteiger partial charge in [0.15, 0.2) is 0 Å². The van der Waals surface area contributed by atoms with Gasteiger partial charge in [0.05, 0.1) is 18.8 Å². The molecule has 5 nitrogen and oxygen atoms in total. The summed E-state index contributed by atoms with van der Waals surface area (Å²) in [7, 11) is 0. The van der Waals surface area contributed by atoms with Gasteiger partial charge in [-0.25, -0.2) is 0 Å². The summed E-state index contributed by atoms with van der Waals surface area (Å²) < 4.78 is 0. The Bertz CT molecular complexity index is 671. The average Bonchev–Trinajstić information content (AvgIpc) is 2.67. The van der Waals surface area contributed by atoms with Crippen molar-refractivity contribution in [1.82, 2.24) is 5.32 Å². The maximum atomic E-state index is 11.8. The molecule has 0 aromatic rings. The summed E-state index contributed by atoms with van der Waals surface area (Å²) in [6, 6.07) is -0.285. The second-order valence-electron chi connectivity index (χ2n) is 8.37. The molecule has 0 spiro atoms. The molecule has 0 aliphatic carbocycles. The molecule has 0 radical (unpaired) electrons. The van der Waals surface area contributed by atoms with Crippen LogP contribution in [0.1, 0.15) is 54.9 Å². The summed E-state index contributed by atoms with van der Waals surface area (Å²) >= 11 is 0. The maximum absolute atomic E-state index is 11.8. The first-order valence-electron chi connectivity index (χ1n) is 10.6. The number of amides is 1. The number of nitrogens with one attached hydrogen (secondary N) is 1. The van der Waals surface area contributed by atoms with E-state index in [4.69, 9.17) is 5.11 Å². The smallest absolute Gasteiger partial charge is 0.247 e. The summed E-state index contributed by atoms with van der Waals surface area (Å²) in [4.78, 5) is 11.8. The van der Waals surface area contributed by atoms with Crippen LogP contribution >= 0.6 is 0 Å². The predicted octanol–water partition coefficient (Wildman–Crippen LogP) is 3.84. The topological polar surface area (TPSA) is 89.8 Å². The van der Waals surface area contributed by atoms with Gasteiger partial charge in [-0.1, -0.05) is 68.9 Å². The van der Waals surface area contributed by atoms with Gasteiger partial charge in [-0.15, -0.1) is 0 Å². The Kier molecular flexibility index (Phi) is 14.0. The molecule has 170 valence electrons. The fourth-order valence-corrected chi connectivity index (χ4v) is 2.83. The standard InChI is InChI=1S/C25H41NO4/c1-17(2)14-20(5)24(29)21(6)15-18(3)12-13-23(28)11-9-8-10-19(4)25(30)26-22(7)16-27/h8-10,12-15,17,21-24,27-29H,11,16H2,1-7H3,(H,26,30)/b9-8+,13-12+,18-15+,19-10+,20-14+/t21-,22+,23?,24+/m1/s1. The van der Waals surface area contributed by atoms with Crippen molar-refractivity contribution < 1.29 is 20.1 Å². The van der Waals surface area contributed by atoms with Gasteiger partial charge in [0.1, 0.15) is 0 Å². The Morgan fingerprint density at radius 3 is 2.23 bits per heavy atom. The number of carbonyl (C=O) groups is 1. The van der Waals surface area contributed by atoms with Gasteiger partial charge in [0.2, 0.25) is 5.91 Å². The van der Waals surface area contributed by atoms with Crippen molar-refractivity contribution in [3.05, 3.63) is 59.3 Å². The highest BCUT2D eigenvalue weighted by Gasteiger charge is 2.14. The SMILES string of the molecule is CC(/C=C/C(O)C/C=C/C=C(\C)C(=O)N[C@@H](C)CO)=C\[C@@H](C)[C@@H](O)/C(C)=C/C(C)C. The van der Waals surface area contributed by atoms with Crippen LogP contribution in [0.25, 0.3) is 0 Å². The van der Waals surface area contributed by atoms with E-state index in [9.17, 15) is 15.0 Å². The molecule has 1 amide bonds. The van der Waals surface area contributed by atoms with Crippen molar-refractivity contribution in [2.75, 3.05) is 6.61 Å². The van der Waals surface area contributed by atoms with Crippen molar-refractivity contribution in [3.63, 3.8) is 0 Å². The van der Waals surface area contributed by atoms with Gasteiger partial charge in [0.25, 0.3) is 0 Å². The van der Waals surface area contributed by atoms with Crippen molar-refractivity contribution in [2.45, 2.75) is 73.1 Å². The monoisotopic (exact) mass is 419 g/mol. The molecular formula is C25H41NO4. The van der Waals surface area contributed by atoms with Crippen LogP contribution in [-0.2, 0) is 4.79 Å². The van der Waals surface area contributed by atoms with E-state index in [1.807, 2.05) is 32.9 Å². The van der Waals surface area contributed by atoms with E-state index in [1.54, 1.807) is 38.2 Å². The Hall–Kier alpha value is -1.95. The van der Waals surface area contributed by atoms with Crippen LogP contribution in [0.5, 0.6) is 0 Å². The fraction of sp³-hybridized carbons (Fsp3) is 0.560. The highest BCUT2D eigenvalue weighted by molar-refractivity contribution is 5.93. The zero-order valence-electron chi connectivity index (χ0n) is 19.6. The number of hydrogen-bond acceptors (Lipinski definition) is 4. The van der Waals surface area contributed by atoms with Gasteiger partial charge in [0, 0.05) is 17.5 Å². The first-order chi connectivity index (χ1) is 14.0. The molecule has 0 bridgehead atoms. The van der Waals surface area contributed by atoms with Crippen LogP contribution in [0, 0.1) is 11.8 Å². The third kappa shape index (κ3) is 12.6. The lowest BCUT2D eigenvalue weighted by Gasteiger charge is -2.18. The number of hydrogen-bond donors (Lipinski definition) is 4. The number of rotatable bonds is 12. The van der Waals surface area contributed by atoms with Crippen LogP contribution in [-0.4, -0.2) is 46.1 Å². The lowest BCUT2D eigenvalue weighted by Crippen LogP contribution is -2.35. The van der Waals surface area contributed by atoms with Crippen LogP contribution in [0.2, 0.25) is 0 Å². The molecule has 5 heteroatoms. The van der Waals surface area contributed by atoms with E-state index in [-0.39, 0.29) is 24.5 Å². The largest absolute Gasteiger partial charge is 0.394 e. The predicted molar refractivity (Wildman–Crippen MR) is 125 cm³/mol. The molecule has 0 rings (SSSR count). The first-order valence-corrected chi connectivity index (χ1v) is 10.6. The molecular weight excluding hydrogens is 378 g/mol. The summed E-state index contributed by atoms with van der Waals surface area (Å²) in [6.07, 6.45) is 12.1. The lowest BCUT2D eigenvalue weighted by molar-refractivity contribution is -0.118. The molecule has 0 aliphatic heterocycles. The summed E-state index contributed by atoms with van der Waals surface area (Å²) in [6.45, 7) is 13.4. The molecule has 30 heavy (non-hydrogen) atoms. The molecule has 0 fully saturated rings. The molecule has 0 aromatic carbocycles. The van der Waals surface area contributed by atoms with E-state index < -0.39 is 12.2 Å². The Morgan fingerprint density at radius 2 is 1.67 bits per heavy atom. The van der Waals surface area contributed by atoms with Gasteiger partial charge in [-0.3, -0.25) is 4.79 Å². The Balaban J connectivity index is 4.67. The van der Waals surface area contributed by atoms with E-state index in [1.165, 1.54) is 0 Å². The van der Waals surface area contributed by atoms with Crippen molar-refractivity contribution in [2.24, 2.45) is 11.8 Å². The third-order valence-electron chi connectivity index (χ3n) is 4.54. The maximum Gasteiger partial charge on any atom is 0.247 e. The van der Waals surface area contributed by atoms with Gasteiger partial charge in [-0.2, -0.15) is 0 Å². The van der Waals surface area contributed by atoms with Crippen molar-refractivity contribution in [3.8, 4) is 0 Å². The minimum Gasteiger partial charge on any atom is -0.394 e. The van der Waals surface area contributed by atoms with Crippen LogP contribution in [0.4, 0.5) is 0 Å². The molecule has 0 saturated heterocycles. The minimum absolute atomic E-state index is 0.0190. The number of aliphatic hydroxyl groups is 3. The van der Waals surface area contributed by atoms with Crippen molar-refractivity contribution >= 4 is 5.91 Å². The zero-order valence-corrected chi connectivity index (χ0v) is 19.6. The molecule has 1 unspecified atom stereocenters. The Labute approximate surface area is 182 Å². The van der Waals surface area contributed by atoms with E-state index in [0.29, 0.717) is 17.9 Å². The molecule has 0 aliphatic rings. The summed E-state index contributed by atoms with van der Waals surface area (Å²) in [5.74, 6) is 0.156. The van der Waals surface area contributed by atoms with Gasteiger partial charge >= 0.3 is 0 Å². The normalized spacial score (nSPS) is 18.2. The number of allylic oxidation sites excluding steroid dienone is 5. The van der Waals surface area contributed by atoms with Crippen LogP contribution in [0.3, 0.4) is 0 Å². The quantitative estimate of drug-likeness (QED) is 0.220. The van der Waals surface area contributed by atoms with E-state index in [0.717, 1.165) is 11.1 Å². The molecule has 0 heterocycles. The second-order valence-corrected chi connectivity index (χ2v) is 8.37.